The summed E-state index contributed by atoms with van der Waals surface area (Å²) in [5, 5.41) is 23.6. The molecule has 4 saturated heterocycles. The van der Waals surface area contributed by atoms with Crippen LogP contribution in [0.2, 0.25) is 5.02 Å². The molecule has 422 valence electrons. The molecular weight excluding hydrogens is 1060 g/mol. The van der Waals surface area contributed by atoms with Gasteiger partial charge in [0.25, 0.3) is 0 Å². The van der Waals surface area contributed by atoms with Crippen LogP contribution in [0.15, 0.2) is 72.5 Å². The van der Waals surface area contributed by atoms with E-state index in [9.17, 15) is 9.59 Å². The number of hydrogen-bond donors (Lipinski definition) is 6. The molecule has 0 aliphatic carbocycles. The summed E-state index contributed by atoms with van der Waals surface area (Å²) in [5.74, 6) is 6.79. The molecule has 5 aliphatic heterocycles. The zero-order valence-corrected chi connectivity index (χ0v) is 47.1. The summed E-state index contributed by atoms with van der Waals surface area (Å²) in [6, 6.07) is 16.8. The van der Waals surface area contributed by atoms with Crippen LogP contribution in [0.25, 0.3) is 49.1 Å². The highest BCUT2D eigenvalue weighted by molar-refractivity contribution is 7.13. The van der Waals surface area contributed by atoms with Gasteiger partial charge in [0.15, 0.2) is 11.5 Å². The van der Waals surface area contributed by atoms with E-state index in [1.54, 1.807) is 29.4 Å². The lowest BCUT2D eigenvalue weighted by Gasteiger charge is -2.35. The fourth-order valence-electron chi connectivity index (χ4n) is 11.3. The number of aliphatic hydroxyl groups is 1. The van der Waals surface area contributed by atoms with Crippen LogP contribution < -0.4 is 41.3 Å². The van der Waals surface area contributed by atoms with E-state index in [0.29, 0.717) is 126 Å². The fourth-order valence-corrected chi connectivity index (χ4v) is 12.5. The van der Waals surface area contributed by atoms with Crippen LogP contribution in [-0.2, 0) is 27.5 Å². The van der Waals surface area contributed by atoms with Crippen LogP contribution in [0.5, 0.6) is 17.5 Å². The first kappa shape index (κ1) is 56.1. The van der Waals surface area contributed by atoms with Crippen LogP contribution >= 0.6 is 22.9 Å². The number of thiazole rings is 1. The topological polar surface area (TPSA) is 244 Å². The number of anilines is 1. The van der Waals surface area contributed by atoms with Crippen LogP contribution in [-0.4, -0.2) is 129 Å². The van der Waals surface area contributed by atoms with Crippen LogP contribution in [0.4, 0.5) is 10.2 Å². The number of aryl methyl sites for hydroxylation is 1. The van der Waals surface area contributed by atoms with E-state index < -0.39 is 11.9 Å². The predicted molar refractivity (Wildman–Crippen MR) is 308 cm³/mol. The van der Waals surface area contributed by atoms with Crippen molar-refractivity contribution in [1.29, 1.82) is 0 Å². The van der Waals surface area contributed by atoms with E-state index in [1.807, 2.05) is 61.0 Å². The maximum atomic E-state index is 16.0. The zero-order valence-electron chi connectivity index (χ0n) is 45.6. The van der Waals surface area contributed by atoms with Gasteiger partial charge in [0.2, 0.25) is 11.8 Å². The minimum Gasteiger partial charge on any atom is -0.489 e. The fraction of sp³-hybridized carbons (Fsp3) is 0.414. The Hall–Kier alpha value is -7.14. The molecule has 80 heavy (non-hydrogen) atoms. The highest BCUT2D eigenvalue weighted by Gasteiger charge is 2.50. The van der Waals surface area contributed by atoms with Crippen molar-refractivity contribution in [3.8, 4) is 39.1 Å². The number of nitrogens with one attached hydrogen (secondary N) is 3. The maximum Gasteiger partial charge on any atom is 0.319 e. The van der Waals surface area contributed by atoms with Gasteiger partial charge in [-0.3, -0.25) is 14.7 Å². The highest BCUT2D eigenvalue weighted by atomic mass is 35.5. The third-order valence-electron chi connectivity index (χ3n) is 15.2. The standard InChI is InChI=1S/C54H56ClFN12O6S.C3H8.CH4O/c1-28-37(56)19-39-36(22-62-65-39)44(28)45-47(55)49-46-48(63-54(74-35-13-16-71-17-14-35)64-52(46)68-34-18-40(59-21-34)42(68)26-73-49)50(45)72-25-31-7-9-32(10-8-31)38(57)23-66(58)24-43(69)67-15-3-4-41(67)53(70)60-20-30-5-11-33(12-6-30)51-29(2)61-27-75-51;1-3-2;1-2/h5-12,19,22-23,27,34-35,40-42,59H,3-4,13-18,20-21,24-26,57-58H2,1-2H3,(H,60,70)(H,62,65);3H2,1-2H3;2H,1H3/b38-23-;;. The molecule has 0 spiro atoms. The summed E-state index contributed by atoms with van der Waals surface area (Å²) in [4.78, 5) is 46.6. The number of hydrazine groups is 1. The number of likely N-dealkylation sites (tertiary alicyclic amines) is 1. The number of aromatic amines is 1. The number of nitrogens with zero attached hydrogens (tertiary/aromatic N) is 7. The van der Waals surface area contributed by atoms with Gasteiger partial charge in [-0.25, -0.2) is 15.2 Å². The number of nitrogens with two attached hydrogens (primary N) is 2. The van der Waals surface area contributed by atoms with Crippen LogP contribution in [0.1, 0.15) is 80.3 Å². The first-order chi connectivity index (χ1) is 38.9. The number of H-pyrrole nitrogens is 1. The molecule has 4 fully saturated rings. The number of amides is 2. The second-order valence-corrected chi connectivity index (χ2v) is 21.8. The normalized spacial score (nSPS) is 19.4. The number of aromatic nitrogens is 5. The number of carbonyl (C=O) groups is 2. The van der Waals surface area contributed by atoms with Crippen LogP contribution in [0, 0.1) is 19.7 Å². The maximum absolute atomic E-state index is 16.0. The molecule has 5 aliphatic rings. The average Bonchev–Trinajstić information content (AvgIpc) is 4.38. The van der Waals surface area contributed by atoms with Gasteiger partial charge in [0.05, 0.1) is 63.2 Å². The van der Waals surface area contributed by atoms with Crippen molar-refractivity contribution in [2.24, 2.45) is 11.6 Å². The Bertz CT molecular complexity index is 3390. The first-order valence-electron chi connectivity index (χ1n) is 27.2. The minimum absolute atomic E-state index is 0.0338. The lowest BCUT2D eigenvalue weighted by molar-refractivity contribution is -0.139. The van der Waals surface area contributed by atoms with E-state index in [2.05, 4.69) is 44.6 Å². The van der Waals surface area contributed by atoms with Crippen molar-refractivity contribution >= 4 is 68.1 Å². The Morgan fingerprint density at radius 3 is 2.54 bits per heavy atom. The summed E-state index contributed by atoms with van der Waals surface area (Å²) in [6.07, 6.45) is 7.81. The molecule has 22 heteroatoms. The second-order valence-electron chi connectivity index (χ2n) is 20.6. The number of hydrogen-bond acceptors (Lipinski definition) is 17. The largest absolute Gasteiger partial charge is 0.489 e. The third-order valence-corrected chi connectivity index (χ3v) is 16.5. The van der Waals surface area contributed by atoms with Gasteiger partial charge in [-0.1, -0.05) is 80.4 Å². The molecule has 4 aromatic carbocycles. The number of rotatable bonds is 14. The number of aliphatic hydroxyl groups excluding tert-OH is 1. The summed E-state index contributed by atoms with van der Waals surface area (Å²) >= 11 is 9.18. The molecule has 2 amide bonds. The number of halogens is 2. The Morgan fingerprint density at radius 2 is 1.80 bits per heavy atom. The Kier molecular flexibility index (Phi) is 17.3. The van der Waals surface area contributed by atoms with Gasteiger partial charge in [-0.2, -0.15) is 15.1 Å². The Morgan fingerprint density at radius 1 is 1.05 bits per heavy atom. The summed E-state index contributed by atoms with van der Waals surface area (Å²) in [5.41, 5.74) is 15.3. The van der Waals surface area contributed by atoms with Crippen molar-refractivity contribution in [1.82, 2.24) is 45.7 Å². The molecule has 12 rings (SSSR count). The molecule has 2 bridgehead atoms. The van der Waals surface area contributed by atoms with Crippen molar-refractivity contribution < 1.29 is 38.0 Å². The Balaban J connectivity index is 0.00000139. The lowest BCUT2D eigenvalue weighted by atomic mass is 9.93. The Labute approximate surface area is 472 Å². The van der Waals surface area contributed by atoms with E-state index in [4.69, 9.17) is 57.2 Å². The molecule has 8 N–H and O–H groups in total. The number of ether oxygens (including phenoxy) is 4. The number of piperazine rings is 1. The molecule has 7 aromatic rings. The third kappa shape index (κ3) is 11.3. The SMILES string of the molecule is CCC.CO.Cc1ncsc1-c1ccc(CNC(=O)C2CCCN2C(=O)CN(N)/C=C(\N)c2ccc(COc3c(-c4c(C)c(F)cc5[nH]ncc45)c(Cl)c4c5c(nc(OC6CCOCC6)nc35)N3C5CNC(C5)C3CO4)cc2)cc1. The van der Waals surface area contributed by atoms with Gasteiger partial charge < -0.3 is 55.2 Å². The molecule has 0 radical (unpaired) electrons. The average molecular weight is 1130 g/mol. The summed E-state index contributed by atoms with van der Waals surface area (Å²) < 4.78 is 41.9. The molecule has 4 unspecified atom stereocenters. The van der Waals surface area contributed by atoms with Crippen molar-refractivity contribution in [3.63, 3.8) is 0 Å². The van der Waals surface area contributed by atoms with Crippen molar-refractivity contribution in [2.75, 3.05) is 51.5 Å². The zero-order chi connectivity index (χ0) is 56.2. The van der Waals surface area contributed by atoms with Crippen molar-refractivity contribution in [2.45, 2.75) is 110 Å². The second kappa shape index (κ2) is 24.7. The quantitative estimate of drug-likeness (QED) is 0.0447. The molecule has 4 atom stereocenters. The molecule has 19 nitrogen and oxygen atoms in total. The highest BCUT2D eigenvalue weighted by Crippen LogP contribution is 2.55. The van der Waals surface area contributed by atoms with Gasteiger partial charge in [0, 0.05) is 74.4 Å². The molecule has 8 heterocycles. The molecule has 0 saturated carbocycles. The summed E-state index contributed by atoms with van der Waals surface area (Å²) in [7, 11) is 1.00. The number of fused-ring (bicyclic) bond motifs is 7. The lowest BCUT2D eigenvalue weighted by Crippen LogP contribution is -2.53. The first-order valence-corrected chi connectivity index (χ1v) is 28.4. The van der Waals surface area contributed by atoms with Gasteiger partial charge >= 0.3 is 6.01 Å². The predicted octanol–water partition coefficient (Wildman–Crippen LogP) is 7.92. The van der Waals surface area contributed by atoms with E-state index in [1.165, 1.54) is 23.7 Å². The van der Waals surface area contributed by atoms with Gasteiger partial charge in [-0.15, -0.1) is 11.3 Å². The number of carbonyl (C=O) groups excluding carboxylic acids is 2. The van der Waals surface area contributed by atoms with E-state index >= 15 is 4.39 Å². The smallest absolute Gasteiger partial charge is 0.319 e. The van der Waals surface area contributed by atoms with E-state index in [-0.39, 0.29) is 60.2 Å². The van der Waals surface area contributed by atoms with Gasteiger partial charge in [-0.05, 0) is 67.0 Å². The van der Waals surface area contributed by atoms with Crippen molar-refractivity contribution in [3.05, 3.63) is 111 Å². The molecular formula is C58H68ClFN12O7S. The number of benzene rings is 4. The summed E-state index contributed by atoms with van der Waals surface area (Å²) in [6.45, 7) is 10.9. The van der Waals surface area contributed by atoms with Gasteiger partial charge in [0.1, 0.15) is 49.1 Å². The monoisotopic (exact) mass is 1130 g/mol. The van der Waals surface area contributed by atoms with E-state index in [0.717, 1.165) is 47.3 Å². The molecule has 3 aromatic heterocycles. The van der Waals surface area contributed by atoms with Crippen LogP contribution in [0.3, 0.4) is 0 Å². The minimum atomic E-state index is -0.602.